The number of pyridine rings is 2. The van der Waals surface area contributed by atoms with Crippen LogP contribution in [0, 0.1) is 5.21 Å². The first-order valence-corrected chi connectivity index (χ1v) is 10.8. The Bertz CT molecular complexity index is 1320. The van der Waals surface area contributed by atoms with E-state index in [-0.39, 0.29) is 21.9 Å². The fourth-order valence-corrected chi connectivity index (χ4v) is 3.90. The van der Waals surface area contributed by atoms with E-state index in [1.54, 1.807) is 12.1 Å². The number of aliphatic carboxylic acids is 1. The van der Waals surface area contributed by atoms with Crippen molar-refractivity contribution < 1.29 is 27.8 Å². The summed E-state index contributed by atoms with van der Waals surface area (Å²) in [6.07, 6.45) is 2.65. The molecular formula is C21H18ClF3N8O3. The van der Waals surface area contributed by atoms with Crippen molar-refractivity contribution in [1.29, 1.82) is 0 Å². The number of hydrogen-bond donors (Lipinski definition) is 2. The Labute approximate surface area is 206 Å². The number of nitrogens with one attached hydrogen (secondary N) is 1. The summed E-state index contributed by atoms with van der Waals surface area (Å²) < 4.78 is 46.6. The van der Waals surface area contributed by atoms with Gasteiger partial charge in [-0.2, -0.15) is 18.2 Å². The van der Waals surface area contributed by atoms with Crippen LogP contribution in [0.25, 0.3) is 5.69 Å². The normalized spacial score (nSPS) is 16.3. The van der Waals surface area contributed by atoms with Crippen molar-refractivity contribution in [1.82, 2.24) is 35.4 Å². The van der Waals surface area contributed by atoms with Crippen molar-refractivity contribution in [3.8, 4) is 5.69 Å². The molecule has 11 nitrogen and oxygen atoms in total. The third-order valence-corrected chi connectivity index (χ3v) is 5.59. The number of aromatic nitrogens is 6. The van der Waals surface area contributed by atoms with Crippen molar-refractivity contribution in [2.45, 2.75) is 25.1 Å². The quantitative estimate of drug-likeness (QED) is 0.319. The van der Waals surface area contributed by atoms with Crippen molar-refractivity contribution in [2.75, 3.05) is 6.54 Å². The molecule has 0 aromatic carbocycles. The minimum Gasteiger partial charge on any atom is -0.618 e. The summed E-state index contributed by atoms with van der Waals surface area (Å²) in [6, 6.07) is 6.80. The molecule has 0 bridgehead atoms. The van der Waals surface area contributed by atoms with Gasteiger partial charge in [0.05, 0.1) is 35.9 Å². The van der Waals surface area contributed by atoms with E-state index in [0.29, 0.717) is 11.4 Å². The summed E-state index contributed by atoms with van der Waals surface area (Å²) in [5.41, 5.74) is -0.414. The lowest BCUT2D eigenvalue weighted by molar-refractivity contribution is -0.624. The topological polar surface area (TPSA) is 136 Å². The van der Waals surface area contributed by atoms with Gasteiger partial charge in [0.2, 0.25) is 0 Å². The number of alkyl halides is 2. The first-order valence-electron chi connectivity index (χ1n) is 10.4. The van der Waals surface area contributed by atoms with Crippen LogP contribution in [0.3, 0.4) is 0 Å². The first-order chi connectivity index (χ1) is 17.2. The molecule has 0 fully saturated rings. The van der Waals surface area contributed by atoms with Crippen LogP contribution in [0.5, 0.6) is 0 Å². The molecule has 4 heterocycles. The van der Waals surface area contributed by atoms with Crippen LogP contribution in [-0.2, 0) is 17.3 Å². The van der Waals surface area contributed by atoms with E-state index in [4.69, 9.17) is 16.7 Å². The second-order valence-electron chi connectivity index (χ2n) is 7.67. The molecule has 0 spiro atoms. The zero-order chi connectivity index (χ0) is 25.9. The molecule has 0 amide bonds. The average Bonchev–Trinajstić information content (AvgIpc) is 3.37. The van der Waals surface area contributed by atoms with E-state index in [2.05, 4.69) is 25.8 Å². The molecule has 0 radical (unpaired) electrons. The fourth-order valence-electron chi connectivity index (χ4n) is 3.62. The number of carboxylic acid groups (broad SMARTS) is 1. The predicted molar refractivity (Wildman–Crippen MR) is 118 cm³/mol. The smallest absolute Gasteiger partial charge is 0.343 e. The van der Waals surface area contributed by atoms with Crippen LogP contribution >= 0.6 is 11.6 Å². The Morgan fingerprint density at radius 2 is 2.11 bits per heavy atom. The number of hydrogen-bond acceptors (Lipinski definition) is 8. The van der Waals surface area contributed by atoms with Crippen LogP contribution in [0.2, 0.25) is 0 Å². The van der Waals surface area contributed by atoms with E-state index >= 15 is 4.39 Å². The maximum Gasteiger partial charge on any atom is 0.343 e. The summed E-state index contributed by atoms with van der Waals surface area (Å²) in [5, 5.41) is 34.1. The van der Waals surface area contributed by atoms with Crippen LogP contribution in [0.15, 0.2) is 71.7 Å². The van der Waals surface area contributed by atoms with Gasteiger partial charge >= 0.3 is 11.9 Å². The number of halogens is 4. The molecule has 1 aliphatic rings. The van der Waals surface area contributed by atoms with Gasteiger partial charge in [0.1, 0.15) is 18.3 Å². The summed E-state index contributed by atoms with van der Waals surface area (Å²) >= 11 is 6.17. The van der Waals surface area contributed by atoms with Crippen LogP contribution in [0.4, 0.5) is 13.2 Å². The van der Waals surface area contributed by atoms with Gasteiger partial charge in [-0.05, 0) is 28.6 Å². The Morgan fingerprint density at radius 3 is 2.81 bits per heavy atom. The largest absolute Gasteiger partial charge is 0.618 e. The third kappa shape index (κ3) is 5.28. The molecule has 3 aromatic heterocycles. The van der Waals surface area contributed by atoms with Crippen molar-refractivity contribution >= 4 is 17.6 Å². The molecular weight excluding hydrogens is 505 g/mol. The van der Waals surface area contributed by atoms with E-state index in [1.807, 2.05) is 0 Å². The SMILES string of the molecule is O=C(O)CC1=C(F)C(NCC(F)(F)c2cccc[n+]2[O-])N(Cc2ncccc2-n2cnnn2)C=C1Cl. The van der Waals surface area contributed by atoms with Crippen molar-refractivity contribution in [3.05, 3.63) is 88.3 Å². The lowest BCUT2D eigenvalue weighted by atomic mass is 10.1. The van der Waals surface area contributed by atoms with E-state index < -0.39 is 42.5 Å². The Morgan fingerprint density at radius 1 is 1.31 bits per heavy atom. The van der Waals surface area contributed by atoms with Crippen LogP contribution in [-0.4, -0.2) is 53.9 Å². The number of nitrogens with zero attached hydrogens (tertiary/aromatic N) is 7. The summed E-state index contributed by atoms with van der Waals surface area (Å²) in [4.78, 5) is 16.8. The summed E-state index contributed by atoms with van der Waals surface area (Å²) in [6.45, 7) is -1.28. The van der Waals surface area contributed by atoms with Crippen LogP contribution < -0.4 is 10.0 Å². The van der Waals surface area contributed by atoms with Gasteiger partial charge in [0.25, 0.3) is 5.69 Å². The van der Waals surface area contributed by atoms with Crippen molar-refractivity contribution in [2.24, 2.45) is 0 Å². The second-order valence-corrected chi connectivity index (χ2v) is 8.08. The van der Waals surface area contributed by atoms with E-state index in [0.717, 1.165) is 12.3 Å². The van der Waals surface area contributed by atoms with Gasteiger partial charge in [-0.25, -0.2) is 4.39 Å². The molecule has 0 saturated heterocycles. The van der Waals surface area contributed by atoms with Gasteiger partial charge in [-0.1, -0.05) is 11.6 Å². The zero-order valence-electron chi connectivity index (χ0n) is 18.3. The van der Waals surface area contributed by atoms with Gasteiger partial charge in [-0.15, -0.1) is 5.10 Å². The fraction of sp³-hybridized carbons (Fsp3) is 0.238. The Kier molecular flexibility index (Phi) is 7.17. The molecule has 36 heavy (non-hydrogen) atoms. The molecule has 0 saturated carbocycles. The van der Waals surface area contributed by atoms with Gasteiger partial charge < -0.3 is 15.2 Å². The zero-order valence-corrected chi connectivity index (χ0v) is 19.1. The summed E-state index contributed by atoms with van der Waals surface area (Å²) in [5.74, 6) is -6.09. The highest BCUT2D eigenvalue weighted by Crippen LogP contribution is 2.34. The Balaban J connectivity index is 1.66. The standard InChI is InChI=1S/C21H18ClF3N8O3/c22-14-9-31(10-15-16(4-3-6-26-15)32-12-28-29-30-32)20(19(23)13(14)8-18(34)35)27-11-21(24,25)17-5-1-2-7-33(17)36/h1-7,9,12,20,27H,8,10-11H2,(H,34,35). The molecule has 1 atom stereocenters. The molecule has 3 aromatic rings. The average molecular weight is 523 g/mol. The predicted octanol–water partition coefficient (Wildman–Crippen LogP) is 1.99. The lowest BCUT2D eigenvalue weighted by Gasteiger charge is -2.35. The number of carboxylic acids is 1. The maximum atomic E-state index is 15.5. The number of carbonyl (C=O) groups is 1. The third-order valence-electron chi connectivity index (χ3n) is 5.27. The Hall–Kier alpha value is -4.04. The van der Waals surface area contributed by atoms with E-state index in [1.165, 1.54) is 40.4 Å². The molecule has 15 heteroatoms. The lowest BCUT2D eigenvalue weighted by Crippen LogP contribution is -2.50. The van der Waals surface area contributed by atoms with Gasteiger partial charge in [-0.3, -0.25) is 15.1 Å². The van der Waals surface area contributed by atoms with Gasteiger partial charge in [0.15, 0.2) is 6.20 Å². The molecule has 2 N–H and O–H groups in total. The van der Waals surface area contributed by atoms with Crippen LogP contribution in [0.1, 0.15) is 17.8 Å². The second kappa shape index (κ2) is 10.3. The number of allylic oxidation sites excluding steroid dienone is 1. The highest BCUT2D eigenvalue weighted by molar-refractivity contribution is 6.32. The number of tetrazole rings is 1. The highest BCUT2D eigenvalue weighted by Gasteiger charge is 2.41. The monoisotopic (exact) mass is 522 g/mol. The molecule has 0 aliphatic carbocycles. The van der Waals surface area contributed by atoms with Crippen molar-refractivity contribution in [3.63, 3.8) is 0 Å². The summed E-state index contributed by atoms with van der Waals surface area (Å²) in [7, 11) is 0. The maximum absolute atomic E-state index is 15.5. The minimum atomic E-state index is -3.69. The van der Waals surface area contributed by atoms with Gasteiger partial charge in [0, 0.05) is 30.1 Å². The van der Waals surface area contributed by atoms with E-state index in [9.17, 15) is 18.8 Å². The number of rotatable bonds is 9. The molecule has 188 valence electrons. The molecule has 4 rings (SSSR count). The first kappa shape index (κ1) is 25.1. The molecule has 1 unspecified atom stereocenters. The molecule has 1 aliphatic heterocycles. The highest BCUT2D eigenvalue weighted by atomic mass is 35.5. The minimum absolute atomic E-state index is 0.0193.